The zero-order chi connectivity index (χ0) is 21.6. The van der Waals surface area contributed by atoms with Crippen molar-refractivity contribution in [3.63, 3.8) is 0 Å². The zero-order valence-corrected chi connectivity index (χ0v) is 19.4. The molecule has 0 saturated heterocycles. The first-order chi connectivity index (χ1) is 15.1. The van der Waals surface area contributed by atoms with Gasteiger partial charge < -0.3 is 0 Å². The highest BCUT2D eigenvalue weighted by atomic mass is 32.2. The fourth-order valence-electron chi connectivity index (χ4n) is 3.25. The number of aryl methyl sites for hydroxylation is 2. The van der Waals surface area contributed by atoms with Crippen LogP contribution in [-0.4, -0.2) is 21.6 Å². The number of fused-ring (bicyclic) bond motifs is 1. The number of amides is 1. The van der Waals surface area contributed by atoms with Crippen LogP contribution in [-0.2, 0) is 11.3 Å². The number of nitrogens with zero attached hydrogens (tertiary/aromatic N) is 3. The zero-order valence-electron chi connectivity index (χ0n) is 17.7. The molecule has 0 fully saturated rings. The Bertz CT molecular complexity index is 1160. The molecular weight excluding hydrogens is 422 g/mol. The van der Waals surface area contributed by atoms with Crippen molar-refractivity contribution >= 4 is 44.4 Å². The molecule has 2 aromatic heterocycles. The van der Waals surface area contributed by atoms with Gasteiger partial charge in [0.05, 0.1) is 16.8 Å². The second kappa shape index (κ2) is 10.1. The van der Waals surface area contributed by atoms with Crippen molar-refractivity contribution in [3.05, 3.63) is 83.7 Å². The Morgan fingerprint density at radius 1 is 1.00 bits per heavy atom. The van der Waals surface area contributed by atoms with Crippen LogP contribution in [0.4, 0.5) is 5.13 Å². The first kappa shape index (κ1) is 21.5. The fraction of sp³-hybridized carbons (Fsp3) is 0.240. The third kappa shape index (κ3) is 5.71. The highest BCUT2D eigenvalue weighted by molar-refractivity contribution is 7.99. The molecule has 0 atom stereocenters. The second-order valence-corrected chi connectivity index (χ2v) is 9.75. The summed E-state index contributed by atoms with van der Waals surface area (Å²) in [5, 5.41) is 0.758. The summed E-state index contributed by atoms with van der Waals surface area (Å²) in [6.07, 6.45) is 4.85. The Hall–Kier alpha value is -2.70. The maximum atomic E-state index is 13.2. The largest absolute Gasteiger partial charge is 0.284 e. The number of rotatable bonds is 8. The number of hydrogen-bond acceptors (Lipinski definition) is 5. The summed E-state index contributed by atoms with van der Waals surface area (Å²) >= 11 is 3.37. The number of carbonyl (C=O) groups is 1. The molecule has 158 valence electrons. The molecular formula is C25H25N3OS2. The van der Waals surface area contributed by atoms with Crippen molar-refractivity contribution < 1.29 is 4.79 Å². The molecule has 2 heterocycles. The molecule has 0 radical (unpaired) electrons. The number of benzene rings is 2. The van der Waals surface area contributed by atoms with Crippen LogP contribution in [0.3, 0.4) is 0 Å². The van der Waals surface area contributed by atoms with E-state index < -0.39 is 0 Å². The summed E-state index contributed by atoms with van der Waals surface area (Å²) in [5.74, 6) is 1.02. The maximum absolute atomic E-state index is 13.2. The molecule has 0 aliphatic heterocycles. The Balaban J connectivity index is 1.46. The normalized spacial score (nSPS) is 11.0. The van der Waals surface area contributed by atoms with Gasteiger partial charge in [0, 0.05) is 23.7 Å². The van der Waals surface area contributed by atoms with Gasteiger partial charge in [-0.05, 0) is 73.5 Å². The minimum Gasteiger partial charge on any atom is -0.284 e. The molecule has 2 aromatic carbocycles. The first-order valence-electron chi connectivity index (χ1n) is 10.3. The van der Waals surface area contributed by atoms with Crippen molar-refractivity contribution in [2.45, 2.75) is 38.1 Å². The number of aromatic nitrogens is 2. The second-order valence-electron chi connectivity index (χ2n) is 7.57. The number of carbonyl (C=O) groups excluding carboxylic acids is 1. The van der Waals surface area contributed by atoms with E-state index in [0.717, 1.165) is 33.1 Å². The van der Waals surface area contributed by atoms with Gasteiger partial charge in [0.2, 0.25) is 5.91 Å². The molecule has 0 N–H and O–H groups in total. The number of hydrogen-bond donors (Lipinski definition) is 0. The van der Waals surface area contributed by atoms with E-state index in [-0.39, 0.29) is 5.91 Å². The van der Waals surface area contributed by atoms with Gasteiger partial charge in [-0.15, -0.1) is 11.8 Å². The van der Waals surface area contributed by atoms with Gasteiger partial charge in [-0.2, -0.15) is 0 Å². The summed E-state index contributed by atoms with van der Waals surface area (Å²) < 4.78 is 1.11. The van der Waals surface area contributed by atoms with Crippen molar-refractivity contribution in [2.24, 2.45) is 0 Å². The Morgan fingerprint density at radius 2 is 1.74 bits per heavy atom. The van der Waals surface area contributed by atoms with Crippen LogP contribution in [0.1, 0.15) is 29.5 Å². The van der Waals surface area contributed by atoms with Crippen LogP contribution in [0.15, 0.2) is 71.9 Å². The van der Waals surface area contributed by atoms with Crippen molar-refractivity contribution in [2.75, 3.05) is 10.7 Å². The smallest absolute Gasteiger partial charge is 0.229 e. The van der Waals surface area contributed by atoms with E-state index >= 15 is 0 Å². The topological polar surface area (TPSA) is 46.1 Å². The van der Waals surface area contributed by atoms with Gasteiger partial charge in [0.15, 0.2) is 5.13 Å². The monoisotopic (exact) mass is 447 g/mol. The average molecular weight is 448 g/mol. The molecule has 4 nitrogen and oxygen atoms in total. The summed E-state index contributed by atoms with van der Waals surface area (Å²) in [4.78, 5) is 25.1. The van der Waals surface area contributed by atoms with Crippen LogP contribution >= 0.6 is 23.1 Å². The molecule has 0 spiro atoms. The predicted molar refractivity (Wildman–Crippen MR) is 131 cm³/mol. The lowest BCUT2D eigenvalue weighted by Crippen LogP contribution is -2.30. The first-order valence-corrected chi connectivity index (χ1v) is 12.1. The van der Waals surface area contributed by atoms with Crippen LogP contribution in [0.2, 0.25) is 0 Å². The van der Waals surface area contributed by atoms with Gasteiger partial charge >= 0.3 is 0 Å². The lowest BCUT2D eigenvalue weighted by atomic mass is 10.2. The van der Waals surface area contributed by atoms with E-state index in [1.807, 2.05) is 23.1 Å². The van der Waals surface area contributed by atoms with Gasteiger partial charge in [0.25, 0.3) is 0 Å². The molecule has 0 saturated carbocycles. The summed E-state index contributed by atoms with van der Waals surface area (Å²) in [7, 11) is 0. The fourth-order valence-corrected chi connectivity index (χ4v) is 5.18. The van der Waals surface area contributed by atoms with Crippen LogP contribution < -0.4 is 4.90 Å². The number of pyridine rings is 1. The van der Waals surface area contributed by atoms with Gasteiger partial charge in [-0.25, -0.2) is 4.98 Å². The molecule has 6 heteroatoms. The van der Waals surface area contributed by atoms with E-state index in [9.17, 15) is 4.79 Å². The van der Waals surface area contributed by atoms with Crippen molar-refractivity contribution in [1.82, 2.24) is 9.97 Å². The quantitative estimate of drug-likeness (QED) is 0.231. The maximum Gasteiger partial charge on any atom is 0.229 e. The highest BCUT2D eigenvalue weighted by Crippen LogP contribution is 2.31. The minimum atomic E-state index is 0.108. The lowest BCUT2D eigenvalue weighted by molar-refractivity contribution is -0.118. The number of anilines is 1. The van der Waals surface area contributed by atoms with E-state index in [1.165, 1.54) is 16.0 Å². The predicted octanol–water partition coefficient (Wildman–Crippen LogP) is 6.41. The van der Waals surface area contributed by atoms with Crippen molar-refractivity contribution in [1.29, 1.82) is 0 Å². The Labute approximate surface area is 191 Å². The minimum absolute atomic E-state index is 0.108. The molecule has 0 aliphatic rings. The van der Waals surface area contributed by atoms with Crippen LogP contribution in [0.5, 0.6) is 0 Å². The SMILES string of the molecule is Cc1ccc(SCCCC(=O)N(Cc2ccncc2)c2nc3ccc(C)cc3s2)cc1. The lowest BCUT2D eigenvalue weighted by Gasteiger charge is -2.20. The third-order valence-electron chi connectivity index (χ3n) is 4.98. The summed E-state index contributed by atoms with van der Waals surface area (Å²) in [6.45, 7) is 4.67. The van der Waals surface area contributed by atoms with Crippen molar-refractivity contribution in [3.8, 4) is 0 Å². The Kier molecular flexibility index (Phi) is 6.99. The molecule has 4 aromatic rings. The molecule has 1 amide bonds. The summed E-state index contributed by atoms with van der Waals surface area (Å²) in [6, 6.07) is 18.6. The highest BCUT2D eigenvalue weighted by Gasteiger charge is 2.20. The molecule has 0 aliphatic carbocycles. The molecule has 0 unspecified atom stereocenters. The Morgan fingerprint density at radius 3 is 2.52 bits per heavy atom. The molecule has 0 bridgehead atoms. The summed E-state index contributed by atoms with van der Waals surface area (Å²) in [5.41, 5.74) is 4.45. The standard InChI is InChI=1S/C25H25N3OS2/c1-18-5-8-21(9-6-18)30-15-3-4-24(29)28(17-20-11-13-26-14-12-20)25-27-22-10-7-19(2)16-23(22)31-25/h5-14,16H,3-4,15,17H2,1-2H3. The third-order valence-corrected chi connectivity index (χ3v) is 7.12. The number of thioether (sulfide) groups is 1. The van der Waals surface area contributed by atoms with Crippen LogP contribution in [0, 0.1) is 13.8 Å². The van der Waals surface area contributed by atoms with E-state index in [1.54, 1.807) is 35.5 Å². The van der Waals surface area contributed by atoms with E-state index in [4.69, 9.17) is 4.98 Å². The van der Waals surface area contributed by atoms with Gasteiger partial charge in [-0.3, -0.25) is 14.7 Å². The molecule has 31 heavy (non-hydrogen) atoms. The van der Waals surface area contributed by atoms with E-state index in [2.05, 4.69) is 55.2 Å². The molecule has 4 rings (SSSR count). The van der Waals surface area contributed by atoms with Crippen LogP contribution in [0.25, 0.3) is 10.2 Å². The van der Waals surface area contributed by atoms with Gasteiger partial charge in [-0.1, -0.05) is 35.1 Å². The average Bonchev–Trinajstić information content (AvgIpc) is 3.19. The van der Waals surface area contributed by atoms with E-state index in [0.29, 0.717) is 13.0 Å². The van der Waals surface area contributed by atoms with Gasteiger partial charge in [0.1, 0.15) is 0 Å². The number of thiazole rings is 1.